The van der Waals surface area contributed by atoms with Crippen LogP contribution in [0.1, 0.15) is 24.3 Å². The molecule has 2 rings (SSSR count). The molecule has 0 radical (unpaired) electrons. The average molecular weight is 264 g/mol. The van der Waals surface area contributed by atoms with Crippen LogP contribution >= 0.6 is 11.3 Å². The summed E-state index contributed by atoms with van der Waals surface area (Å²) in [6.45, 7) is 8.50. The second kappa shape index (κ2) is 5.85. The minimum atomic E-state index is -0.0301. The van der Waals surface area contributed by atoms with E-state index in [2.05, 4.69) is 42.0 Å². The molecule has 98 valence electrons. The number of hydrogen-bond acceptors (Lipinski definition) is 4. The van der Waals surface area contributed by atoms with Gasteiger partial charge in [0, 0.05) is 35.5 Å². The Bertz CT molecular complexity index is 456. The Morgan fingerprint density at radius 2 is 2.39 bits per heavy atom. The fourth-order valence-corrected chi connectivity index (χ4v) is 3.01. The van der Waals surface area contributed by atoms with Crippen molar-refractivity contribution in [3.8, 4) is 11.8 Å². The lowest BCUT2D eigenvalue weighted by Gasteiger charge is -2.37. The maximum Gasteiger partial charge on any atom is 0.0753 e. The number of morpholine rings is 1. The first-order valence-corrected chi connectivity index (χ1v) is 7.10. The molecule has 1 aromatic rings. The number of nitrogens with two attached hydrogens (primary N) is 1. The smallest absolute Gasteiger partial charge is 0.0753 e. The van der Waals surface area contributed by atoms with Gasteiger partial charge in [0.25, 0.3) is 0 Å². The Morgan fingerprint density at radius 1 is 1.56 bits per heavy atom. The predicted octanol–water partition coefficient (Wildman–Crippen LogP) is 1.67. The van der Waals surface area contributed by atoms with Gasteiger partial charge in [0.15, 0.2) is 0 Å². The highest BCUT2D eigenvalue weighted by Crippen LogP contribution is 2.21. The maximum atomic E-state index is 5.72. The van der Waals surface area contributed by atoms with Crippen molar-refractivity contribution < 1.29 is 4.74 Å². The van der Waals surface area contributed by atoms with Crippen LogP contribution in [0.5, 0.6) is 0 Å². The summed E-state index contributed by atoms with van der Waals surface area (Å²) in [5, 5.41) is 2.10. The minimum Gasteiger partial charge on any atom is -0.373 e. The van der Waals surface area contributed by atoms with Gasteiger partial charge in [0.05, 0.1) is 18.8 Å². The summed E-state index contributed by atoms with van der Waals surface area (Å²) >= 11 is 1.77. The third-order valence-electron chi connectivity index (χ3n) is 2.87. The largest absolute Gasteiger partial charge is 0.373 e. The van der Waals surface area contributed by atoms with Gasteiger partial charge >= 0.3 is 0 Å². The fourth-order valence-electron chi connectivity index (χ4n) is 2.15. The zero-order valence-corrected chi connectivity index (χ0v) is 11.8. The molecule has 0 aliphatic carbocycles. The van der Waals surface area contributed by atoms with Crippen LogP contribution in [0.4, 0.5) is 0 Å². The number of nitrogens with zero attached hydrogens (tertiary/aromatic N) is 1. The highest BCUT2D eigenvalue weighted by molar-refractivity contribution is 7.10. The van der Waals surface area contributed by atoms with Gasteiger partial charge in [-0.1, -0.05) is 11.8 Å². The lowest BCUT2D eigenvalue weighted by Crippen LogP contribution is -2.47. The zero-order valence-electron chi connectivity index (χ0n) is 11.0. The molecule has 0 amide bonds. The Hall–Kier alpha value is -0.860. The highest BCUT2D eigenvalue weighted by atomic mass is 32.1. The summed E-state index contributed by atoms with van der Waals surface area (Å²) < 4.78 is 5.72. The van der Waals surface area contributed by atoms with E-state index in [1.165, 1.54) is 4.88 Å². The Labute approximate surface area is 113 Å². The van der Waals surface area contributed by atoms with Crippen molar-refractivity contribution in [1.82, 2.24) is 4.90 Å². The molecular formula is C14H20N2OS. The molecule has 1 aliphatic rings. The van der Waals surface area contributed by atoms with Gasteiger partial charge in [0.1, 0.15) is 0 Å². The summed E-state index contributed by atoms with van der Waals surface area (Å²) in [4.78, 5) is 3.80. The van der Waals surface area contributed by atoms with Gasteiger partial charge in [-0.05, 0) is 19.9 Å². The van der Waals surface area contributed by atoms with Crippen LogP contribution < -0.4 is 5.73 Å². The summed E-state index contributed by atoms with van der Waals surface area (Å²) in [7, 11) is 0. The van der Waals surface area contributed by atoms with Crippen molar-refractivity contribution >= 4 is 11.3 Å². The molecule has 1 saturated heterocycles. The molecule has 0 aromatic carbocycles. The number of hydrogen-bond donors (Lipinski definition) is 1. The van der Waals surface area contributed by atoms with Crippen LogP contribution in [0.3, 0.4) is 0 Å². The molecule has 2 N–H and O–H groups in total. The monoisotopic (exact) mass is 264 g/mol. The normalized spacial score (nSPS) is 19.3. The average Bonchev–Trinajstić information content (AvgIpc) is 2.73. The first kappa shape index (κ1) is 13.6. The SMILES string of the molecule is CC1(C)CN(Cc2cc(C#CCN)cs2)CCO1. The molecule has 0 saturated carbocycles. The molecule has 2 heterocycles. The summed E-state index contributed by atoms with van der Waals surface area (Å²) in [5.41, 5.74) is 6.42. The van der Waals surface area contributed by atoms with Crippen LogP contribution in [0.15, 0.2) is 11.4 Å². The lowest BCUT2D eigenvalue weighted by atomic mass is 10.1. The highest BCUT2D eigenvalue weighted by Gasteiger charge is 2.27. The van der Waals surface area contributed by atoms with E-state index < -0.39 is 0 Å². The number of ether oxygens (including phenoxy) is 1. The van der Waals surface area contributed by atoms with Crippen LogP contribution in [0.25, 0.3) is 0 Å². The zero-order chi connectivity index (χ0) is 13.0. The molecule has 0 unspecified atom stereocenters. The van der Waals surface area contributed by atoms with E-state index in [1.54, 1.807) is 11.3 Å². The first-order chi connectivity index (χ1) is 8.59. The van der Waals surface area contributed by atoms with Crippen LogP contribution in [0, 0.1) is 11.8 Å². The van der Waals surface area contributed by atoms with Crippen molar-refractivity contribution in [2.75, 3.05) is 26.2 Å². The second-order valence-electron chi connectivity index (χ2n) is 5.13. The third-order valence-corrected chi connectivity index (χ3v) is 3.79. The lowest BCUT2D eigenvalue weighted by molar-refractivity contribution is -0.0880. The standard InChI is InChI=1S/C14H20N2OS/c1-14(2)11-16(6-7-17-14)9-13-8-12(10-18-13)4-3-5-15/h8,10H,5-7,9,11,15H2,1-2H3. The van der Waals surface area contributed by atoms with Gasteiger partial charge in [-0.25, -0.2) is 0 Å². The molecule has 1 fully saturated rings. The maximum absolute atomic E-state index is 5.72. The van der Waals surface area contributed by atoms with E-state index >= 15 is 0 Å². The fraction of sp³-hybridized carbons (Fsp3) is 0.571. The van der Waals surface area contributed by atoms with E-state index in [1.807, 2.05) is 0 Å². The van der Waals surface area contributed by atoms with Gasteiger partial charge in [-0.2, -0.15) is 0 Å². The van der Waals surface area contributed by atoms with Crippen LogP contribution in [-0.4, -0.2) is 36.7 Å². The predicted molar refractivity (Wildman–Crippen MR) is 75.6 cm³/mol. The molecule has 0 spiro atoms. The molecule has 3 nitrogen and oxygen atoms in total. The molecule has 0 bridgehead atoms. The van der Waals surface area contributed by atoms with Crippen molar-refractivity contribution in [1.29, 1.82) is 0 Å². The van der Waals surface area contributed by atoms with Gasteiger partial charge in [-0.15, -0.1) is 11.3 Å². The number of thiophene rings is 1. The van der Waals surface area contributed by atoms with Crippen molar-refractivity contribution in [3.05, 3.63) is 21.9 Å². The van der Waals surface area contributed by atoms with Gasteiger partial charge < -0.3 is 10.5 Å². The van der Waals surface area contributed by atoms with Crippen molar-refractivity contribution in [2.45, 2.75) is 26.0 Å². The van der Waals surface area contributed by atoms with Crippen LogP contribution in [-0.2, 0) is 11.3 Å². The molecule has 0 atom stereocenters. The van der Waals surface area contributed by atoms with E-state index in [0.29, 0.717) is 6.54 Å². The molecule has 1 aliphatic heterocycles. The second-order valence-corrected chi connectivity index (χ2v) is 6.12. The van der Waals surface area contributed by atoms with Gasteiger partial charge in [0.2, 0.25) is 0 Å². The van der Waals surface area contributed by atoms with Crippen LogP contribution in [0.2, 0.25) is 0 Å². The first-order valence-electron chi connectivity index (χ1n) is 6.22. The molecule has 18 heavy (non-hydrogen) atoms. The summed E-state index contributed by atoms with van der Waals surface area (Å²) in [5.74, 6) is 5.96. The Balaban J connectivity index is 1.95. The molecule has 4 heteroatoms. The number of rotatable bonds is 2. The van der Waals surface area contributed by atoms with E-state index in [9.17, 15) is 0 Å². The Morgan fingerprint density at radius 3 is 3.11 bits per heavy atom. The summed E-state index contributed by atoms with van der Waals surface area (Å²) in [6, 6.07) is 2.16. The molecule has 1 aromatic heterocycles. The van der Waals surface area contributed by atoms with Crippen molar-refractivity contribution in [2.24, 2.45) is 5.73 Å². The third kappa shape index (κ3) is 3.82. The van der Waals surface area contributed by atoms with E-state index in [4.69, 9.17) is 10.5 Å². The molecular weight excluding hydrogens is 244 g/mol. The minimum absolute atomic E-state index is 0.0301. The quantitative estimate of drug-likeness (QED) is 0.826. The Kier molecular flexibility index (Phi) is 4.41. The van der Waals surface area contributed by atoms with Crippen molar-refractivity contribution in [3.63, 3.8) is 0 Å². The summed E-state index contributed by atoms with van der Waals surface area (Å²) in [6.07, 6.45) is 0. The van der Waals surface area contributed by atoms with E-state index in [-0.39, 0.29) is 5.60 Å². The van der Waals surface area contributed by atoms with E-state index in [0.717, 1.165) is 31.8 Å². The topological polar surface area (TPSA) is 38.5 Å². The van der Waals surface area contributed by atoms with Gasteiger partial charge in [-0.3, -0.25) is 4.90 Å².